The van der Waals surface area contributed by atoms with Crippen molar-refractivity contribution >= 4 is 5.78 Å². The van der Waals surface area contributed by atoms with Crippen LogP contribution >= 0.6 is 0 Å². The Balaban J connectivity index is 1.52. The van der Waals surface area contributed by atoms with E-state index in [1.54, 1.807) is 6.26 Å². The summed E-state index contributed by atoms with van der Waals surface area (Å²) in [4.78, 5) is 13.4. The van der Waals surface area contributed by atoms with Crippen molar-refractivity contribution in [2.45, 2.75) is 52.9 Å². The third-order valence-electron chi connectivity index (χ3n) is 9.55. The summed E-state index contributed by atoms with van der Waals surface area (Å²) in [7, 11) is 0. The number of carbonyl (C=O) groups excluding carboxylic acids is 1. The van der Waals surface area contributed by atoms with Crippen LogP contribution < -0.4 is 0 Å². The Labute approximate surface area is 172 Å². The highest BCUT2D eigenvalue weighted by Crippen LogP contribution is 2.72. The van der Waals surface area contributed by atoms with Crippen molar-refractivity contribution in [2.24, 2.45) is 33.5 Å². The van der Waals surface area contributed by atoms with Crippen LogP contribution in [0.25, 0.3) is 0 Å². The molecule has 0 spiro atoms. The van der Waals surface area contributed by atoms with E-state index in [1.807, 2.05) is 12.3 Å². The van der Waals surface area contributed by atoms with Gasteiger partial charge in [-0.2, -0.15) is 0 Å². The predicted octanol–water partition coefficient (Wildman–Crippen LogP) is 5.81. The molecule has 1 aliphatic heterocycles. The SMILES string of the molecule is CC12C=CC(=O)C3(C)C1C(=CC1(C)C4=CCC(c5ccoc5)C4(C)CCC13)OC2. The number of rotatable bonds is 1. The Morgan fingerprint density at radius 3 is 2.76 bits per heavy atom. The number of hydrogen-bond donors (Lipinski definition) is 0. The molecule has 1 aromatic heterocycles. The molecule has 7 unspecified atom stereocenters. The molecule has 1 saturated heterocycles. The van der Waals surface area contributed by atoms with Gasteiger partial charge in [0, 0.05) is 22.2 Å². The average Bonchev–Trinajstić information content (AvgIpc) is 3.37. The number of ketones is 1. The first-order valence-electron chi connectivity index (χ1n) is 11.1. The van der Waals surface area contributed by atoms with Gasteiger partial charge in [-0.05, 0) is 60.3 Å². The van der Waals surface area contributed by atoms with Gasteiger partial charge < -0.3 is 9.15 Å². The van der Waals surface area contributed by atoms with Gasteiger partial charge in [-0.15, -0.1) is 0 Å². The summed E-state index contributed by atoms with van der Waals surface area (Å²) < 4.78 is 11.7. The van der Waals surface area contributed by atoms with Gasteiger partial charge in [-0.1, -0.05) is 45.4 Å². The molecular formula is C26H30O3. The molecule has 2 fully saturated rings. The van der Waals surface area contributed by atoms with E-state index in [2.05, 4.69) is 52.0 Å². The molecule has 152 valence electrons. The molecule has 4 aliphatic carbocycles. The van der Waals surface area contributed by atoms with Crippen LogP contribution in [0.5, 0.6) is 0 Å². The van der Waals surface area contributed by atoms with Gasteiger partial charge in [-0.3, -0.25) is 4.79 Å². The molecule has 6 rings (SSSR count). The summed E-state index contributed by atoms with van der Waals surface area (Å²) in [5.41, 5.74) is 2.31. The van der Waals surface area contributed by atoms with Crippen LogP contribution in [-0.2, 0) is 9.53 Å². The Bertz CT molecular complexity index is 997. The molecule has 2 heterocycles. The lowest BCUT2D eigenvalue weighted by atomic mass is 9.41. The molecule has 29 heavy (non-hydrogen) atoms. The van der Waals surface area contributed by atoms with E-state index < -0.39 is 5.41 Å². The van der Waals surface area contributed by atoms with Crippen molar-refractivity contribution in [3.05, 3.63) is 59.8 Å². The number of furan rings is 1. The molecule has 0 aromatic carbocycles. The van der Waals surface area contributed by atoms with E-state index in [1.165, 1.54) is 11.1 Å². The van der Waals surface area contributed by atoms with Crippen LogP contribution in [0.2, 0.25) is 0 Å². The number of allylic oxidation sites excluding steroid dienone is 5. The van der Waals surface area contributed by atoms with Gasteiger partial charge in [0.05, 0.1) is 24.9 Å². The van der Waals surface area contributed by atoms with E-state index >= 15 is 0 Å². The molecule has 3 nitrogen and oxygen atoms in total. The third-order valence-corrected chi connectivity index (χ3v) is 9.55. The van der Waals surface area contributed by atoms with E-state index in [0.717, 1.165) is 25.0 Å². The minimum absolute atomic E-state index is 0.0695. The average molecular weight is 391 g/mol. The smallest absolute Gasteiger partial charge is 0.162 e. The second kappa shape index (κ2) is 5.17. The molecule has 0 amide bonds. The first kappa shape index (κ1) is 17.8. The van der Waals surface area contributed by atoms with Crippen LogP contribution in [0.4, 0.5) is 0 Å². The summed E-state index contributed by atoms with van der Waals surface area (Å²) in [6.45, 7) is 9.98. The lowest BCUT2D eigenvalue weighted by Gasteiger charge is -2.61. The second-order valence-electron chi connectivity index (χ2n) is 11.0. The molecular weight excluding hydrogens is 360 g/mol. The van der Waals surface area contributed by atoms with Crippen LogP contribution in [0, 0.1) is 33.5 Å². The molecule has 0 N–H and O–H groups in total. The van der Waals surface area contributed by atoms with Crippen molar-refractivity contribution < 1.29 is 13.9 Å². The summed E-state index contributed by atoms with van der Waals surface area (Å²) in [5, 5.41) is 0. The highest BCUT2D eigenvalue weighted by Gasteiger charge is 2.69. The lowest BCUT2D eigenvalue weighted by Crippen LogP contribution is -2.59. The van der Waals surface area contributed by atoms with E-state index in [9.17, 15) is 4.79 Å². The van der Waals surface area contributed by atoms with Crippen molar-refractivity contribution in [1.29, 1.82) is 0 Å². The first-order valence-corrected chi connectivity index (χ1v) is 11.1. The Kier molecular flexibility index (Phi) is 3.17. The van der Waals surface area contributed by atoms with Crippen molar-refractivity contribution in [1.82, 2.24) is 0 Å². The predicted molar refractivity (Wildman–Crippen MR) is 111 cm³/mol. The Hall–Kier alpha value is -2.03. The van der Waals surface area contributed by atoms with E-state index in [-0.39, 0.29) is 22.2 Å². The van der Waals surface area contributed by atoms with Crippen LogP contribution in [0.1, 0.15) is 58.4 Å². The Morgan fingerprint density at radius 2 is 2.00 bits per heavy atom. The van der Waals surface area contributed by atoms with Crippen molar-refractivity contribution in [2.75, 3.05) is 6.61 Å². The fourth-order valence-corrected chi connectivity index (χ4v) is 8.31. The molecule has 0 radical (unpaired) electrons. The zero-order valence-electron chi connectivity index (χ0n) is 17.8. The number of hydrogen-bond acceptors (Lipinski definition) is 3. The fraction of sp³-hybridized carbons (Fsp3) is 0.577. The normalized spacial score (nSPS) is 49.7. The maximum atomic E-state index is 13.4. The minimum Gasteiger partial charge on any atom is -0.497 e. The molecule has 7 atom stereocenters. The zero-order chi connectivity index (χ0) is 20.2. The highest BCUT2D eigenvalue weighted by atomic mass is 16.5. The summed E-state index contributed by atoms with van der Waals surface area (Å²) in [6.07, 6.45) is 15.8. The topological polar surface area (TPSA) is 39.4 Å². The van der Waals surface area contributed by atoms with Gasteiger partial charge in [-0.25, -0.2) is 0 Å². The fourth-order valence-electron chi connectivity index (χ4n) is 8.31. The summed E-state index contributed by atoms with van der Waals surface area (Å²) >= 11 is 0. The molecule has 1 aromatic rings. The maximum Gasteiger partial charge on any atom is 0.162 e. The van der Waals surface area contributed by atoms with E-state index in [4.69, 9.17) is 9.15 Å². The molecule has 0 bridgehead atoms. The largest absolute Gasteiger partial charge is 0.497 e. The number of fused-ring (bicyclic) bond motifs is 4. The Morgan fingerprint density at radius 1 is 1.17 bits per heavy atom. The maximum absolute atomic E-state index is 13.4. The van der Waals surface area contributed by atoms with Gasteiger partial charge in [0.1, 0.15) is 0 Å². The van der Waals surface area contributed by atoms with Gasteiger partial charge >= 0.3 is 0 Å². The minimum atomic E-state index is -0.394. The molecule has 1 saturated carbocycles. The van der Waals surface area contributed by atoms with Gasteiger partial charge in [0.2, 0.25) is 0 Å². The number of ether oxygens (including phenoxy) is 1. The van der Waals surface area contributed by atoms with Crippen LogP contribution in [0.3, 0.4) is 0 Å². The van der Waals surface area contributed by atoms with Crippen LogP contribution in [0.15, 0.2) is 58.6 Å². The lowest BCUT2D eigenvalue weighted by molar-refractivity contribution is -0.139. The van der Waals surface area contributed by atoms with Gasteiger partial charge in [0.15, 0.2) is 5.78 Å². The van der Waals surface area contributed by atoms with Crippen molar-refractivity contribution in [3.8, 4) is 0 Å². The summed E-state index contributed by atoms with van der Waals surface area (Å²) in [6, 6.07) is 2.12. The summed E-state index contributed by atoms with van der Waals surface area (Å²) in [5.74, 6) is 2.28. The number of carbonyl (C=O) groups is 1. The second-order valence-corrected chi connectivity index (χ2v) is 11.0. The van der Waals surface area contributed by atoms with Gasteiger partial charge in [0.25, 0.3) is 0 Å². The zero-order valence-corrected chi connectivity index (χ0v) is 17.8. The monoisotopic (exact) mass is 390 g/mol. The molecule has 3 heteroatoms. The first-order chi connectivity index (χ1) is 13.7. The van der Waals surface area contributed by atoms with E-state index in [0.29, 0.717) is 24.2 Å². The molecule has 5 aliphatic rings. The van der Waals surface area contributed by atoms with Crippen LogP contribution in [-0.4, -0.2) is 12.4 Å². The highest BCUT2D eigenvalue weighted by molar-refractivity contribution is 5.97. The quantitative estimate of drug-likeness (QED) is 0.568. The third kappa shape index (κ3) is 1.89. The van der Waals surface area contributed by atoms with Crippen molar-refractivity contribution in [3.63, 3.8) is 0 Å². The standard InChI is InChI=1S/C26H30O3/c1-23-10-8-21(27)26(4)20-7-11-24(2)17(16-9-12-28-14-16)5-6-19(24)25(20,3)13-18(22(23)26)29-15-23/h6,8-10,12-14,17,20,22H,5,7,11,15H2,1-4H3.